The number of thiazole rings is 1. The molecule has 2 aromatic heterocycles. The maximum atomic E-state index is 11.6. The maximum absolute atomic E-state index is 11.6. The van der Waals surface area contributed by atoms with Crippen LogP contribution in [0.25, 0.3) is 0 Å². The third kappa shape index (κ3) is 3.23. The fourth-order valence-electron chi connectivity index (χ4n) is 2.02. The van der Waals surface area contributed by atoms with Crippen molar-refractivity contribution >= 4 is 33.0 Å². The molecule has 8 heteroatoms. The van der Waals surface area contributed by atoms with Crippen LogP contribution in [0.3, 0.4) is 0 Å². The Morgan fingerprint density at radius 3 is 2.95 bits per heavy atom. The zero-order valence-corrected chi connectivity index (χ0v) is 13.8. The Labute approximate surface area is 134 Å². The van der Waals surface area contributed by atoms with Gasteiger partial charge in [-0.25, -0.2) is 4.98 Å². The minimum atomic E-state index is -1.16. The van der Waals surface area contributed by atoms with Crippen molar-refractivity contribution in [2.45, 2.75) is 18.6 Å². The van der Waals surface area contributed by atoms with Gasteiger partial charge in [0, 0.05) is 17.3 Å². The summed E-state index contributed by atoms with van der Waals surface area (Å²) in [4.78, 5) is 4.55. The molecule has 2 heterocycles. The summed E-state index contributed by atoms with van der Waals surface area (Å²) in [6, 6.07) is 8.07. The zero-order valence-electron chi connectivity index (χ0n) is 12.2. The third-order valence-corrected chi connectivity index (χ3v) is 4.74. The van der Waals surface area contributed by atoms with E-state index in [4.69, 9.17) is 0 Å². The number of aryl methyl sites for hydroxylation is 1. The Morgan fingerprint density at radius 1 is 1.36 bits per heavy atom. The van der Waals surface area contributed by atoms with Crippen molar-refractivity contribution in [2.24, 2.45) is 0 Å². The molecule has 22 heavy (non-hydrogen) atoms. The largest absolute Gasteiger partial charge is 0.331 e. The molecule has 0 saturated carbocycles. The lowest BCUT2D eigenvalue weighted by Crippen LogP contribution is -2.05. The first-order chi connectivity index (χ1) is 10.6. The second kappa shape index (κ2) is 6.37. The van der Waals surface area contributed by atoms with Crippen LogP contribution >= 0.6 is 11.3 Å². The van der Waals surface area contributed by atoms with E-state index in [9.17, 15) is 4.21 Å². The van der Waals surface area contributed by atoms with Crippen molar-refractivity contribution < 1.29 is 4.21 Å². The summed E-state index contributed by atoms with van der Waals surface area (Å²) in [6.45, 7) is 2.56. The van der Waals surface area contributed by atoms with Gasteiger partial charge in [-0.05, 0) is 18.6 Å². The van der Waals surface area contributed by atoms with Crippen molar-refractivity contribution in [3.05, 3.63) is 47.2 Å². The lowest BCUT2D eigenvalue weighted by Gasteiger charge is -2.05. The minimum Gasteiger partial charge on any atom is -0.331 e. The average molecular weight is 333 g/mol. The van der Waals surface area contributed by atoms with E-state index in [0.717, 1.165) is 16.5 Å². The molecule has 0 aliphatic carbocycles. The van der Waals surface area contributed by atoms with Crippen LogP contribution in [-0.2, 0) is 17.3 Å². The van der Waals surface area contributed by atoms with Crippen LogP contribution in [-0.4, -0.2) is 30.2 Å². The molecule has 0 saturated heterocycles. The number of nitrogens with one attached hydrogen (secondary N) is 1. The molecule has 0 radical (unpaired) electrons. The average Bonchev–Trinajstić information content (AvgIpc) is 3.11. The summed E-state index contributed by atoms with van der Waals surface area (Å²) in [5.41, 5.74) is 3.09. The second-order valence-corrected chi connectivity index (χ2v) is 6.91. The summed E-state index contributed by atoms with van der Waals surface area (Å²) >= 11 is 1.54. The van der Waals surface area contributed by atoms with Crippen molar-refractivity contribution in [1.82, 2.24) is 19.7 Å². The number of hydrogen-bond donors (Lipinski definition) is 1. The van der Waals surface area contributed by atoms with Crippen LogP contribution in [0.15, 0.2) is 41.1 Å². The van der Waals surface area contributed by atoms with Crippen LogP contribution in [0.5, 0.6) is 0 Å². The zero-order chi connectivity index (χ0) is 15.5. The fraction of sp³-hybridized carbons (Fsp3) is 0.214. The van der Waals surface area contributed by atoms with Gasteiger partial charge in [-0.3, -0.25) is 4.21 Å². The van der Waals surface area contributed by atoms with Crippen molar-refractivity contribution in [2.75, 3.05) is 11.6 Å². The standard InChI is InChI=1S/C14H15N5OS2/c1-10-5-3-4-6-12(10)17-13-16-11(8-21-13)7-19-9-15-18-14(19)22(2)20/h3-6,8-9H,7H2,1-2H3,(H,16,17)/t22-/m0/s1. The van der Waals surface area contributed by atoms with Gasteiger partial charge in [0.1, 0.15) is 6.33 Å². The Morgan fingerprint density at radius 2 is 2.18 bits per heavy atom. The van der Waals surface area contributed by atoms with Crippen LogP contribution in [0.1, 0.15) is 11.3 Å². The Kier molecular flexibility index (Phi) is 4.30. The predicted octanol–water partition coefficient (Wildman–Crippen LogP) is 2.57. The van der Waals surface area contributed by atoms with Gasteiger partial charge < -0.3 is 9.88 Å². The molecular weight excluding hydrogens is 318 g/mol. The van der Waals surface area contributed by atoms with Crippen LogP contribution in [0.4, 0.5) is 10.8 Å². The first-order valence-electron chi connectivity index (χ1n) is 6.62. The molecule has 114 valence electrons. The van der Waals surface area contributed by atoms with Gasteiger partial charge in [-0.15, -0.1) is 21.5 Å². The molecule has 0 bridgehead atoms. The second-order valence-electron chi connectivity index (χ2n) is 4.78. The summed E-state index contributed by atoms with van der Waals surface area (Å²) in [5, 5.41) is 14.3. The van der Waals surface area contributed by atoms with E-state index in [-0.39, 0.29) is 0 Å². The minimum absolute atomic E-state index is 0.460. The summed E-state index contributed by atoms with van der Waals surface area (Å²) in [7, 11) is -1.16. The molecule has 3 aromatic rings. The lowest BCUT2D eigenvalue weighted by molar-refractivity contribution is 0.650. The quantitative estimate of drug-likeness (QED) is 0.777. The highest BCUT2D eigenvalue weighted by Gasteiger charge is 2.10. The van der Waals surface area contributed by atoms with Gasteiger partial charge in [0.05, 0.1) is 23.0 Å². The number of hydrogen-bond acceptors (Lipinski definition) is 6. The maximum Gasteiger partial charge on any atom is 0.221 e. The van der Waals surface area contributed by atoms with E-state index in [1.54, 1.807) is 17.2 Å². The number of benzene rings is 1. The summed E-state index contributed by atoms with van der Waals surface area (Å²) < 4.78 is 13.3. The number of nitrogens with zero attached hydrogens (tertiary/aromatic N) is 4. The van der Waals surface area contributed by atoms with Crippen LogP contribution in [0, 0.1) is 6.92 Å². The predicted molar refractivity (Wildman–Crippen MR) is 88.0 cm³/mol. The molecule has 0 spiro atoms. The Balaban J connectivity index is 1.75. The number of para-hydroxylation sites is 1. The molecular formula is C14H15N5OS2. The molecule has 0 aliphatic rings. The van der Waals surface area contributed by atoms with E-state index < -0.39 is 10.8 Å². The van der Waals surface area contributed by atoms with E-state index in [0.29, 0.717) is 11.7 Å². The van der Waals surface area contributed by atoms with Gasteiger partial charge in [-0.2, -0.15) is 0 Å². The monoisotopic (exact) mass is 333 g/mol. The van der Waals surface area contributed by atoms with Gasteiger partial charge in [0.15, 0.2) is 5.13 Å². The van der Waals surface area contributed by atoms with Crippen LogP contribution in [0.2, 0.25) is 0 Å². The molecule has 0 amide bonds. The highest BCUT2D eigenvalue weighted by Crippen LogP contribution is 2.23. The van der Waals surface area contributed by atoms with Crippen molar-refractivity contribution in [3.8, 4) is 0 Å². The molecule has 0 fully saturated rings. The smallest absolute Gasteiger partial charge is 0.221 e. The summed E-state index contributed by atoms with van der Waals surface area (Å²) in [6.07, 6.45) is 3.16. The van der Waals surface area contributed by atoms with E-state index in [2.05, 4.69) is 33.5 Å². The molecule has 0 aliphatic heterocycles. The van der Waals surface area contributed by atoms with E-state index >= 15 is 0 Å². The van der Waals surface area contributed by atoms with Crippen molar-refractivity contribution in [1.29, 1.82) is 0 Å². The number of anilines is 2. The molecule has 1 aromatic carbocycles. The Hall–Kier alpha value is -2.06. The van der Waals surface area contributed by atoms with Gasteiger partial charge >= 0.3 is 0 Å². The Bertz CT molecular complexity index is 811. The molecule has 1 atom stereocenters. The van der Waals surface area contributed by atoms with Crippen LogP contribution < -0.4 is 5.32 Å². The topological polar surface area (TPSA) is 72.7 Å². The molecule has 3 rings (SSSR count). The SMILES string of the molecule is Cc1ccccc1Nc1nc(Cn2cnnc2[S@](C)=O)cs1. The van der Waals surface area contributed by atoms with Gasteiger partial charge in [0.25, 0.3) is 0 Å². The molecule has 1 N–H and O–H groups in total. The summed E-state index contributed by atoms with van der Waals surface area (Å²) in [5.74, 6) is 0. The van der Waals surface area contributed by atoms with Crippen molar-refractivity contribution in [3.63, 3.8) is 0 Å². The third-order valence-electron chi connectivity index (χ3n) is 3.11. The first kappa shape index (κ1) is 14.9. The highest BCUT2D eigenvalue weighted by atomic mass is 32.2. The first-order valence-corrected chi connectivity index (χ1v) is 9.05. The number of aromatic nitrogens is 4. The van der Waals surface area contributed by atoms with Gasteiger partial charge in [-0.1, -0.05) is 18.2 Å². The fourth-order valence-corrected chi connectivity index (χ4v) is 3.33. The van der Waals surface area contributed by atoms with E-state index in [1.165, 1.54) is 16.9 Å². The normalized spacial score (nSPS) is 12.3. The lowest BCUT2D eigenvalue weighted by atomic mass is 10.2. The van der Waals surface area contributed by atoms with Gasteiger partial charge in [0.2, 0.25) is 5.16 Å². The molecule has 0 unspecified atom stereocenters. The number of rotatable bonds is 5. The highest BCUT2D eigenvalue weighted by molar-refractivity contribution is 7.84. The molecule has 6 nitrogen and oxygen atoms in total. The van der Waals surface area contributed by atoms with E-state index in [1.807, 2.05) is 23.6 Å².